The summed E-state index contributed by atoms with van der Waals surface area (Å²) >= 11 is 7.09. The number of rotatable bonds is 10. The summed E-state index contributed by atoms with van der Waals surface area (Å²) in [5.41, 5.74) is 1.42. The van der Waals surface area contributed by atoms with Gasteiger partial charge in [0.05, 0.1) is 17.8 Å². The van der Waals surface area contributed by atoms with E-state index in [1.807, 2.05) is 25.2 Å². The van der Waals surface area contributed by atoms with Crippen molar-refractivity contribution in [2.45, 2.75) is 18.9 Å². The molecule has 3 aromatic heterocycles. The number of carbonyl (C=O) groups is 2. The number of aromatic nitrogens is 2. The molecule has 10 heteroatoms. The zero-order chi connectivity index (χ0) is 22.2. The van der Waals surface area contributed by atoms with Crippen molar-refractivity contribution in [3.63, 3.8) is 0 Å². The maximum absolute atomic E-state index is 12.3. The lowest BCUT2D eigenvalue weighted by Gasteiger charge is -2.14. The van der Waals surface area contributed by atoms with Gasteiger partial charge in [0.2, 0.25) is 0 Å². The highest BCUT2D eigenvalue weighted by Gasteiger charge is 2.23. The van der Waals surface area contributed by atoms with Crippen LogP contribution in [0.25, 0.3) is 0 Å². The van der Waals surface area contributed by atoms with Crippen LogP contribution in [0.15, 0.2) is 48.0 Å². The molecule has 0 radical (unpaired) electrons. The highest BCUT2D eigenvalue weighted by molar-refractivity contribution is 7.12. The first kappa shape index (κ1) is 22.5. The topological polar surface area (TPSA) is 113 Å². The average Bonchev–Trinajstić information content (AvgIpc) is 3.20. The minimum atomic E-state index is -1.15. The van der Waals surface area contributed by atoms with E-state index in [0.717, 1.165) is 22.8 Å². The van der Waals surface area contributed by atoms with Crippen LogP contribution in [0.4, 0.5) is 5.82 Å². The third-order valence-electron chi connectivity index (χ3n) is 4.33. The van der Waals surface area contributed by atoms with Gasteiger partial charge in [0.1, 0.15) is 22.5 Å². The van der Waals surface area contributed by atoms with Gasteiger partial charge in [-0.05, 0) is 35.7 Å². The second kappa shape index (κ2) is 10.7. The number of carboxylic acid groups (broad SMARTS) is 1. The molecule has 3 aromatic rings. The summed E-state index contributed by atoms with van der Waals surface area (Å²) in [4.78, 5) is 32.8. The molecule has 8 nitrogen and oxygen atoms in total. The number of ether oxygens (including phenoxy) is 1. The average molecular weight is 461 g/mol. The van der Waals surface area contributed by atoms with Crippen LogP contribution < -0.4 is 15.4 Å². The van der Waals surface area contributed by atoms with Gasteiger partial charge >= 0.3 is 5.97 Å². The monoisotopic (exact) mass is 460 g/mol. The molecular formula is C21H21ClN4O4S. The number of anilines is 1. The first-order chi connectivity index (χ1) is 15.0. The Morgan fingerprint density at radius 1 is 1.23 bits per heavy atom. The lowest BCUT2D eigenvalue weighted by atomic mass is 10.1. The van der Waals surface area contributed by atoms with Crippen molar-refractivity contribution in [1.82, 2.24) is 15.3 Å². The number of hydrogen-bond acceptors (Lipinski definition) is 7. The van der Waals surface area contributed by atoms with E-state index in [-0.39, 0.29) is 11.3 Å². The number of aliphatic carboxylic acids is 1. The smallest absolute Gasteiger partial charge is 0.326 e. The van der Waals surface area contributed by atoms with Crippen LogP contribution in [0.2, 0.25) is 5.02 Å². The molecule has 0 saturated carbocycles. The fourth-order valence-corrected chi connectivity index (χ4v) is 3.78. The van der Waals surface area contributed by atoms with Crippen molar-refractivity contribution < 1.29 is 19.4 Å². The molecule has 3 rings (SSSR count). The Morgan fingerprint density at radius 3 is 2.71 bits per heavy atom. The number of nitrogens with one attached hydrogen (secondary N) is 2. The van der Waals surface area contributed by atoms with Crippen molar-refractivity contribution in [1.29, 1.82) is 0 Å². The van der Waals surface area contributed by atoms with Crippen LogP contribution in [0.5, 0.6) is 5.75 Å². The van der Waals surface area contributed by atoms with Crippen LogP contribution in [0.3, 0.4) is 0 Å². The van der Waals surface area contributed by atoms with Gasteiger partial charge in [-0.25, -0.2) is 9.78 Å². The number of halogens is 1. The van der Waals surface area contributed by atoms with E-state index in [0.29, 0.717) is 29.5 Å². The molecule has 0 aliphatic carbocycles. The molecule has 0 bridgehead atoms. The van der Waals surface area contributed by atoms with Gasteiger partial charge in [-0.1, -0.05) is 17.7 Å². The third-order valence-corrected chi connectivity index (χ3v) is 5.67. The number of nitrogens with zero attached hydrogens (tertiary/aromatic N) is 2. The molecule has 0 spiro atoms. The molecule has 0 aliphatic heterocycles. The molecule has 162 valence electrons. The SMILES string of the molecule is CNc1cccc(CCOc2ccc(C[C@H](NC(=O)c3sccc3Cl)C(=O)O)nc2)n1. The van der Waals surface area contributed by atoms with Gasteiger partial charge in [-0.2, -0.15) is 0 Å². The van der Waals surface area contributed by atoms with E-state index in [1.165, 1.54) is 6.20 Å². The molecule has 1 amide bonds. The van der Waals surface area contributed by atoms with Crippen LogP contribution in [0, 0.1) is 0 Å². The Kier molecular flexibility index (Phi) is 7.80. The highest BCUT2D eigenvalue weighted by Crippen LogP contribution is 2.22. The molecule has 31 heavy (non-hydrogen) atoms. The van der Waals surface area contributed by atoms with Gasteiger partial charge in [-0.15, -0.1) is 11.3 Å². The summed E-state index contributed by atoms with van der Waals surface area (Å²) in [7, 11) is 1.81. The summed E-state index contributed by atoms with van der Waals surface area (Å²) in [5, 5.41) is 16.9. The predicted octanol–water partition coefficient (Wildman–Crippen LogP) is 3.28. The molecule has 3 N–H and O–H groups in total. The van der Waals surface area contributed by atoms with Gasteiger partial charge in [0.25, 0.3) is 5.91 Å². The minimum Gasteiger partial charge on any atom is -0.492 e. The number of carboxylic acids is 1. The van der Waals surface area contributed by atoms with Crippen molar-refractivity contribution in [2.75, 3.05) is 19.0 Å². The molecule has 0 aromatic carbocycles. The van der Waals surface area contributed by atoms with E-state index >= 15 is 0 Å². The first-order valence-corrected chi connectivity index (χ1v) is 10.7. The molecule has 0 aliphatic rings. The van der Waals surface area contributed by atoms with Gasteiger partial charge < -0.3 is 20.5 Å². The number of pyridine rings is 2. The van der Waals surface area contributed by atoms with Crippen molar-refractivity contribution in [3.05, 3.63) is 69.3 Å². The zero-order valence-electron chi connectivity index (χ0n) is 16.7. The van der Waals surface area contributed by atoms with Crippen molar-refractivity contribution >= 4 is 40.6 Å². The number of hydrogen-bond donors (Lipinski definition) is 3. The largest absolute Gasteiger partial charge is 0.492 e. The Morgan fingerprint density at radius 2 is 2.06 bits per heavy atom. The normalized spacial score (nSPS) is 11.5. The standard InChI is InChI=1S/C21H21ClN4O4S/c1-23-18-4-2-3-13(25-18)7-9-30-15-6-5-14(24-12-15)11-17(21(28)29)26-20(27)19-16(22)8-10-31-19/h2-6,8,10,12,17H,7,9,11H2,1H3,(H,23,25)(H,26,27)(H,28,29)/t17-/m0/s1. The van der Waals surface area contributed by atoms with Crippen LogP contribution in [-0.4, -0.2) is 46.6 Å². The Labute approximate surface area is 188 Å². The van der Waals surface area contributed by atoms with Crippen molar-refractivity contribution in [2.24, 2.45) is 0 Å². The molecule has 1 atom stereocenters. The van der Waals surface area contributed by atoms with Crippen molar-refractivity contribution in [3.8, 4) is 5.75 Å². The second-order valence-electron chi connectivity index (χ2n) is 6.51. The molecular weight excluding hydrogens is 440 g/mol. The quantitative estimate of drug-likeness (QED) is 0.425. The maximum Gasteiger partial charge on any atom is 0.326 e. The number of amides is 1. The summed E-state index contributed by atoms with van der Waals surface area (Å²) < 4.78 is 5.70. The van der Waals surface area contributed by atoms with E-state index in [4.69, 9.17) is 16.3 Å². The van der Waals surface area contributed by atoms with Crippen LogP contribution in [-0.2, 0) is 17.6 Å². The van der Waals surface area contributed by atoms with Gasteiger partial charge in [-0.3, -0.25) is 9.78 Å². The number of carbonyl (C=O) groups excluding carboxylic acids is 1. The highest BCUT2D eigenvalue weighted by atomic mass is 35.5. The maximum atomic E-state index is 12.3. The fourth-order valence-electron chi connectivity index (χ4n) is 2.74. The van der Waals surface area contributed by atoms with E-state index in [2.05, 4.69) is 20.6 Å². The Bertz CT molecular complexity index is 1040. The van der Waals surface area contributed by atoms with Gasteiger partial charge in [0, 0.05) is 31.3 Å². The van der Waals surface area contributed by atoms with E-state index in [1.54, 1.807) is 23.6 Å². The number of thiophene rings is 1. The second-order valence-corrected chi connectivity index (χ2v) is 7.84. The predicted molar refractivity (Wildman–Crippen MR) is 119 cm³/mol. The molecule has 3 heterocycles. The van der Waals surface area contributed by atoms with E-state index in [9.17, 15) is 14.7 Å². The minimum absolute atomic E-state index is 0.0328. The van der Waals surface area contributed by atoms with E-state index < -0.39 is 17.9 Å². The Hall–Kier alpha value is -3.17. The van der Waals surface area contributed by atoms with Crippen LogP contribution >= 0.6 is 22.9 Å². The lowest BCUT2D eigenvalue weighted by molar-refractivity contribution is -0.139. The lowest BCUT2D eigenvalue weighted by Crippen LogP contribution is -2.42. The zero-order valence-corrected chi connectivity index (χ0v) is 18.2. The summed E-state index contributed by atoms with van der Waals surface area (Å²) in [6.45, 7) is 0.427. The molecule has 0 fully saturated rings. The summed E-state index contributed by atoms with van der Waals surface area (Å²) in [6.07, 6.45) is 2.20. The third kappa shape index (κ3) is 6.40. The fraction of sp³-hybridized carbons (Fsp3) is 0.238. The first-order valence-electron chi connectivity index (χ1n) is 9.44. The molecule has 0 saturated heterocycles. The van der Waals surface area contributed by atoms with Gasteiger partial charge in [0.15, 0.2) is 0 Å². The van der Waals surface area contributed by atoms with Crippen LogP contribution in [0.1, 0.15) is 21.1 Å². The summed E-state index contributed by atoms with van der Waals surface area (Å²) in [5.74, 6) is -0.317. The molecule has 0 unspecified atom stereocenters. The summed E-state index contributed by atoms with van der Waals surface area (Å²) in [6, 6.07) is 9.59. The Balaban J connectivity index is 1.53.